The highest BCUT2D eigenvalue weighted by Crippen LogP contribution is 2.19. The molecule has 0 heterocycles. The van der Waals surface area contributed by atoms with E-state index in [1.165, 1.54) is 12.1 Å². The van der Waals surface area contributed by atoms with E-state index in [2.05, 4.69) is 21.2 Å². The maximum absolute atomic E-state index is 13.1. The first-order valence-corrected chi connectivity index (χ1v) is 5.54. The van der Waals surface area contributed by atoms with Gasteiger partial charge in [-0.1, -0.05) is 15.9 Å². The summed E-state index contributed by atoms with van der Waals surface area (Å²) in [5.41, 5.74) is -0.0794. The molecule has 2 N–H and O–H groups in total. The van der Waals surface area contributed by atoms with Gasteiger partial charge in [0.25, 0.3) is 0 Å². The third kappa shape index (κ3) is 4.28. The van der Waals surface area contributed by atoms with Crippen molar-refractivity contribution in [3.05, 3.63) is 34.1 Å². The number of nitrogens with one attached hydrogen (secondary N) is 1. The molecule has 2 nitrogen and oxygen atoms in total. The maximum atomic E-state index is 13.1. The third-order valence-corrected chi connectivity index (χ3v) is 2.52. The molecular weight excluding hydrogens is 261 g/mol. The molecule has 0 aliphatic heterocycles. The van der Waals surface area contributed by atoms with E-state index in [0.29, 0.717) is 17.4 Å². The van der Waals surface area contributed by atoms with Gasteiger partial charge in [0.1, 0.15) is 5.82 Å². The predicted octanol–water partition coefficient (Wildman–Crippen LogP) is 2.10. The molecule has 0 aliphatic rings. The molecule has 84 valence electrons. The van der Waals surface area contributed by atoms with Crippen LogP contribution >= 0.6 is 15.9 Å². The molecule has 0 fully saturated rings. The van der Waals surface area contributed by atoms with Crippen molar-refractivity contribution in [2.45, 2.75) is 18.9 Å². The second-order valence-electron chi connectivity index (χ2n) is 3.98. The Kier molecular flexibility index (Phi) is 4.25. The Morgan fingerprint density at radius 2 is 2.13 bits per heavy atom. The number of hydrogen-bond acceptors (Lipinski definition) is 2. The largest absolute Gasteiger partial charge is 0.389 e. The molecule has 0 saturated heterocycles. The third-order valence-electron chi connectivity index (χ3n) is 2.06. The van der Waals surface area contributed by atoms with Crippen molar-refractivity contribution < 1.29 is 9.50 Å². The fraction of sp³-hybridized carbons (Fsp3) is 0.455. The Morgan fingerprint density at radius 1 is 1.47 bits per heavy atom. The topological polar surface area (TPSA) is 32.3 Å². The lowest BCUT2D eigenvalue weighted by Crippen LogP contribution is -2.38. The molecule has 4 heteroatoms. The molecule has 0 spiro atoms. The maximum Gasteiger partial charge on any atom is 0.124 e. The van der Waals surface area contributed by atoms with Crippen LogP contribution in [0.15, 0.2) is 22.7 Å². The van der Waals surface area contributed by atoms with Crippen LogP contribution in [0.2, 0.25) is 0 Å². The van der Waals surface area contributed by atoms with E-state index < -0.39 is 5.60 Å². The zero-order chi connectivity index (χ0) is 11.5. The minimum atomic E-state index is -0.859. The van der Waals surface area contributed by atoms with Gasteiger partial charge in [-0.2, -0.15) is 0 Å². The van der Waals surface area contributed by atoms with Crippen molar-refractivity contribution >= 4 is 15.9 Å². The minimum absolute atomic E-state index is 0.292. The Balaban J connectivity index is 2.80. The van der Waals surface area contributed by atoms with Crippen LogP contribution in [0.3, 0.4) is 0 Å². The number of hydrogen-bond donors (Lipinski definition) is 2. The summed E-state index contributed by atoms with van der Waals surface area (Å²) in [7, 11) is 1.77. The predicted molar refractivity (Wildman–Crippen MR) is 62.4 cm³/mol. The molecular formula is C11H15BrFNO. The van der Waals surface area contributed by atoms with E-state index in [0.717, 1.165) is 5.56 Å². The Hall–Kier alpha value is -0.450. The summed E-state index contributed by atoms with van der Waals surface area (Å²) in [5, 5.41) is 12.9. The first kappa shape index (κ1) is 12.6. The van der Waals surface area contributed by atoms with Crippen LogP contribution in [0.5, 0.6) is 0 Å². The van der Waals surface area contributed by atoms with Gasteiger partial charge in [0.05, 0.1) is 5.60 Å². The van der Waals surface area contributed by atoms with Gasteiger partial charge in [0.2, 0.25) is 0 Å². The summed E-state index contributed by atoms with van der Waals surface area (Å²) < 4.78 is 13.8. The molecule has 15 heavy (non-hydrogen) atoms. The number of rotatable bonds is 4. The van der Waals surface area contributed by atoms with E-state index in [-0.39, 0.29) is 5.82 Å². The fourth-order valence-corrected chi connectivity index (χ4v) is 2.11. The van der Waals surface area contributed by atoms with Crippen molar-refractivity contribution in [1.29, 1.82) is 0 Å². The molecule has 1 atom stereocenters. The normalized spacial score (nSPS) is 15.0. The highest BCUT2D eigenvalue weighted by molar-refractivity contribution is 9.10. The molecule has 1 unspecified atom stereocenters. The average Bonchev–Trinajstić information content (AvgIpc) is 1.99. The summed E-state index contributed by atoms with van der Waals surface area (Å²) in [6, 6.07) is 4.65. The van der Waals surface area contributed by atoms with Crippen LogP contribution in [0.4, 0.5) is 4.39 Å². The van der Waals surface area contributed by atoms with Crippen molar-refractivity contribution in [2.24, 2.45) is 0 Å². The standard InChI is InChI=1S/C11H15BrFNO/c1-11(15,7-14-2)6-8-3-9(12)5-10(13)4-8/h3-5,14-15H,6-7H2,1-2H3. The molecule has 1 aromatic carbocycles. The lowest BCUT2D eigenvalue weighted by molar-refractivity contribution is 0.0622. The molecule has 0 radical (unpaired) electrons. The van der Waals surface area contributed by atoms with Crippen LogP contribution in [-0.4, -0.2) is 24.3 Å². The number of benzene rings is 1. The fourth-order valence-electron chi connectivity index (χ4n) is 1.60. The van der Waals surface area contributed by atoms with Gasteiger partial charge in [-0.25, -0.2) is 4.39 Å². The van der Waals surface area contributed by atoms with Crippen LogP contribution < -0.4 is 5.32 Å². The van der Waals surface area contributed by atoms with Crippen LogP contribution in [0.25, 0.3) is 0 Å². The zero-order valence-corrected chi connectivity index (χ0v) is 10.4. The second-order valence-corrected chi connectivity index (χ2v) is 4.90. The summed E-state index contributed by atoms with van der Waals surface area (Å²) in [6.07, 6.45) is 0.421. The smallest absolute Gasteiger partial charge is 0.124 e. The van der Waals surface area contributed by atoms with Gasteiger partial charge in [0, 0.05) is 17.4 Å². The Labute approximate surface area is 97.6 Å². The summed E-state index contributed by atoms with van der Waals surface area (Å²) >= 11 is 3.22. The van der Waals surface area contributed by atoms with E-state index in [1.54, 1.807) is 14.0 Å². The molecule has 0 aliphatic carbocycles. The molecule has 0 amide bonds. The summed E-state index contributed by atoms with van der Waals surface area (Å²) in [6.45, 7) is 2.20. The summed E-state index contributed by atoms with van der Waals surface area (Å²) in [4.78, 5) is 0. The number of likely N-dealkylation sites (N-methyl/N-ethyl adjacent to an activating group) is 1. The highest BCUT2D eigenvalue weighted by atomic mass is 79.9. The van der Waals surface area contributed by atoms with Crippen LogP contribution in [-0.2, 0) is 6.42 Å². The minimum Gasteiger partial charge on any atom is -0.389 e. The van der Waals surface area contributed by atoms with E-state index >= 15 is 0 Å². The lowest BCUT2D eigenvalue weighted by atomic mass is 9.96. The Morgan fingerprint density at radius 3 is 2.67 bits per heavy atom. The van der Waals surface area contributed by atoms with Crippen molar-refractivity contribution in [2.75, 3.05) is 13.6 Å². The van der Waals surface area contributed by atoms with Gasteiger partial charge >= 0.3 is 0 Å². The van der Waals surface area contributed by atoms with Crippen molar-refractivity contribution in [3.8, 4) is 0 Å². The highest BCUT2D eigenvalue weighted by Gasteiger charge is 2.20. The molecule has 0 saturated carbocycles. The zero-order valence-electron chi connectivity index (χ0n) is 8.85. The van der Waals surface area contributed by atoms with E-state index in [9.17, 15) is 9.50 Å². The first-order valence-electron chi connectivity index (χ1n) is 4.75. The van der Waals surface area contributed by atoms with E-state index in [1.807, 2.05) is 6.07 Å². The Bertz CT molecular complexity index is 321. The second kappa shape index (κ2) is 5.05. The summed E-state index contributed by atoms with van der Waals surface area (Å²) in [5.74, 6) is -0.292. The first-order chi connectivity index (χ1) is 6.93. The van der Waals surface area contributed by atoms with Crippen molar-refractivity contribution in [1.82, 2.24) is 5.32 Å². The molecule has 1 aromatic rings. The molecule has 1 rings (SSSR count). The monoisotopic (exact) mass is 275 g/mol. The quantitative estimate of drug-likeness (QED) is 0.882. The van der Waals surface area contributed by atoms with Gasteiger partial charge < -0.3 is 10.4 Å². The average molecular weight is 276 g/mol. The van der Waals surface area contributed by atoms with Gasteiger partial charge in [-0.05, 0) is 37.7 Å². The van der Waals surface area contributed by atoms with Gasteiger partial charge in [0.15, 0.2) is 0 Å². The van der Waals surface area contributed by atoms with Crippen LogP contribution in [0.1, 0.15) is 12.5 Å². The lowest BCUT2D eigenvalue weighted by Gasteiger charge is -2.23. The molecule has 0 aromatic heterocycles. The number of aliphatic hydroxyl groups is 1. The van der Waals surface area contributed by atoms with Gasteiger partial charge in [-0.3, -0.25) is 0 Å². The number of halogens is 2. The molecule has 0 bridgehead atoms. The SMILES string of the molecule is CNCC(C)(O)Cc1cc(F)cc(Br)c1. The van der Waals surface area contributed by atoms with Crippen molar-refractivity contribution in [3.63, 3.8) is 0 Å². The van der Waals surface area contributed by atoms with Gasteiger partial charge in [-0.15, -0.1) is 0 Å². The van der Waals surface area contributed by atoms with E-state index in [4.69, 9.17) is 0 Å². The van der Waals surface area contributed by atoms with Crippen LogP contribution in [0, 0.1) is 5.82 Å².